The van der Waals surface area contributed by atoms with Crippen LogP contribution in [-0.2, 0) is 27.9 Å². The van der Waals surface area contributed by atoms with Gasteiger partial charge in [0.2, 0.25) is 0 Å². The van der Waals surface area contributed by atoms with Crippen LogP contribution < -0.4 is 5.32 Å². The lowest BCUT2D eigenvalue weighted by atomic mass is 10.1. The molecule has 0 saturated carbocycles. The molecule has 0 saturated heterocycles. The number of carbonyl (C=O) groups is 1. The second-order valence-electron chi connectivity index (χ2n) is 6.89. The summed E-state index contributed by atoms with van der Waals surface area (Å²) in [6, 6.07) is 18.3. The minimum Gasteiger partial charge on any atom is -0.455 e. The van der Waals surface area contributed by atoms with E-state index >= 15 is 0 Å². The minimum atomic E-state index is -3.41. The highest BCUT2D eigenvalue weighted by atomic mass is 32.2. The third-order valence-electron chi connectivity index (χ3n) is 4.46. The van der Waals surface area contributed by atoms with Crippen molar-refractivity contribution in [2.45, 2.75) is 31.9 Å². The van der Waals surface area contributed by atoms with Crippen LogP contribution in [-0.4, -0.2) is 14.3 Å². The summed E-state index contributed by atoms with van der Waals surface area (Å²) in [6.07, 6.45) is 0. The van der Waals surface area contributed by atoms with Gasteiger partial charge in [-0.1, -0.05) is 54.1 Å². The molecule has 1 amide bonds. The Morgan fingerprint density at radius 3 is 2.36 bits per heavy atom. The van der Waals surface area contributed by atoms with Crippen molar-refractivity contribution in [3.63, 3.8) is 0 Å². The monoisotopic (exact) mass is 397 g/mol. The van der Waals surface area contributed by atoms with Crippen LogP contribution in [0.25, 0.3) is 0 Å². The Balaban J connectivity index is 1.60. The van der Waals surface area contributed by atoms with Crippen molar-refractivity contribution in [1.82, 2.24) is 5.32 Å². The molecule has 0 spiro atoms. The van der Waals surface area contributed by atoms with Crippen LogP contribution in [0.4, 0.5) is 0 Å². The summed E-state index contributed by atoms with van der Waals surface area (Å²) in [5.74, 6) is -0.313. The molecule has 0 aliphatic carbocycles. The highest BCUT2D eigenvalue weighted by molar-refractivity contribution is 7.89. The van der Waals surface area contributed by atoms with Gasteiger partial charge in [-0.15, -0.1) is 0 Å². The van der Waals surface area contributed by atoms with Gasteiger partial charge in [-0.2, -0.15) is 0 Å². The summed E-state index contributed by atoms with van der Waals surface area (Å²) in [5.41, 5.74) is 3.83. The van der Waals surface area contributed by atoms with E-state index < -0.39 is 9.84 Å². The summed E-state index contributed by atoms with van der Waals surface area (Å²) >= 11 is 0. The zero-order chi connectivity index (χ0) is 20.1. The number of amides is 1. The molecule has 3 rings (SSSR count). The maximum absolute atomic E-state index is 12.5. The van der Waals surface area contributed by atoms with Gasteiger partial charge < -0.3 is 9.73 Å². The third-order valence-corrected chi connectivity index (χ3v) is 5.93. The second-order valence-corrected chi connectivity index (χ2v) is 8.96. The van der Waals surface area contributed by atoms with E-state index in [4.69, 9.17) is 4.42 Å². The standard InChI is InChI=1S/C22H23NO4S/c1-16-7-9-18(10-8-16)13-23-22(24)21-12-11-20(27-21)15-28(25,26)14-19-6-4-3-5-17(19)2/h3-12H,13-15H2,1-2H3,(H,23,24). The van der Waals surface area contributed by atoms with Gasteiger partial charge in [-0.25, -0.2) is 8.42 Å². The topological polar surface area (TPSA) is 76.4 Å². The van der Waals surface area contributed by atoms with Gasteiger partial charge in [0.05, 0.1) is 5.75 Å². The summed E-state index contributed by atoms with van der Waals surface area (Å²) < 4.78 is 30.4. The number of furan rings is 1. The van der Waals surface area contributed by atoms with E-state index in [2.05, 4.69) is 5.32 Å². The lowest BCUT2D eigenvalue weighted by Gasteiger charge is -2.06. The summed E-state index contributed by atoms with van der Waals surface area (Å²) in [5, 5.41) is 2.78. The van der Waals surface area contributed by atoms with Gasteiger partial charge in [-0.05, 0) is 42.7 Å². The van der Waals surface area contributed by atoms with Crippen LogP contribution in [0, 0.1) is 13.8 Å². The number of nitrogens with one attached hydrogen (secondary N) is 1. The molecule has 2 aromatic carbocycles. The molecule has 28 heavy (non-hydrogen) atoms. The molecule has 0 bridgehead atoms. The number of rotatable bonds is 7. The predicted octanol–water partition coefficient (Wildman–Crippen LogP) is 3.94. The maximum atomic E-state index is 12.5. The number of benzene rings is 2. The smallest absolute Gasteiger partial charge is 0.287 e. The van der Waals surface area contributed by atoms with Gasteiger partial charge in [0.1, 0.15) is 11.5 Å². The SMILES string of the molecule is Cc1ccc(CNC(=O)c2ccc(CS(=O)(=O)Cc3ccccc3C)o2)cc1. The zero-order valence-electron chi connectivity index (χ0n) is 15.9. The van der Waals surface area contributed by atoms with E-state index in [1.54, 1.807) is 6.07 Å². The molecule has 0 atom stereocenters. The lowest BCUT2D eigenvalue weighted by molar-refractivity contribution is 0.0921. The zero-order valence-corrected chi connectivity index (χ0v) is 16.8. The first-order valence-electron chi connectivity index (χ1n) is 9.00. The molecule has 0 fully saturated rings. The van der Waals surface area contributed by atoms with Crippen LogP contribution in [0.15, 0.2) is 65.1 Å². The van der Waals surface area contributed by atoms with E-state index in [0.717, 1.165) is 22.3 Å². The number of hydrogen-bond donors (Lipinski definition) is 1. The molecule has 5 nitrogen and oxygen atoms in total. The van der Waals surface area contributed by atoms with Gasteiger partial charge in [0.15, 0.2) is 15.6 Å². The van der Waals surface area contributed by atoms with Crippen molar-refractivity contribution in [1.29, 1.82) is 0 Å². The molecule has 1 aromatic heterocycles. The lowest BCUT2D eigenvalue weighted by Crippen LogP contribution is -2.22. The Morgan fingerprint density at radius 1 is 0.929 bits per heavy atom. The van der Waals surface area contributed by atoms with Crippen molar-refractivity contribution >= 4 is 15.7 Å². The normalized spacial score (nSPS) is 11.4. The average Bonchev–Trinajstić information content (AvgIpc) is 3.10. The van der Waals surface area contributed by atoms with Crippen LogP contribution in [0.1, 0.15) is 38.6 Å². The van der Waals surface area contributed by atoms with Gasteiger partial charge in [-0.3, -0.25) is 4.79 Å². The first-order chi connectivity index (χ1) is 13.3. The quantitative estimate of drug-likeness (QED) is 0.655. The van der Waals surface area contributed by atoms with Gasteiger partial charge in [0.25, 0.3) is 5.91 Å². The minimum absolute atomic E-state index is 0.0602. The van der Waals surface area contributed by atoms with Crippen molar-refractivity contribution in [2.75, 3.05) is 0 Å². The van der Waals surface area contributed by atoms with Crippen LogP contribution in [0.5, 0.6) is 0 Å². The molecule has 3 aromatic rings. The molecule has 0 unspecified atom stereocenters. The molecule has 0 radical (unpaired) electrons. The highest BCUT2D eigenvalue weighted by Gasteiger charge is 2.18. The highest BCUT2D eigenvalue weighted by Crippen LogP contribution is 2.17. The Hall–Kier alpha value is -2.86. The fourth-order valence-corrected chi connectivity index (χ4v) is 4.32. The average molecular weight is 397 g/mol. The van der Waals surface area contributed by atoms with Crippen LogP contribution >= 0.6 is 0 Å². The number of hydrogen-bond acceptors (Lipinski definition) is 4. The molecular weight excluding hydrogens is 374 g/mol. The van der Waals surface area contributed by atoms with E-state index in [-0.39, 0.29) is 28.9 Å². The van der Waals surface area contributed by atoms with Crippen molar-refractivity contribution in [2.24, 2.45) is 0 Å². The Morgan fingerprint density at radius 2 is 1.64 bits per heavy atom. The molecule has 6 heteroatoms. The molecular formula is C22H23NO4S. The fourth-order valence-electron chi connectivity index (χ4n) is 2.83. The predicted molar refractivity (Wildman–Crippen MR) is 109 cm³/mol. The van der Waals surface area contributed by atoms with E-state index in [1.165, 1.54) is 12.1 Å². The van der Waals surface area contributed by atoms with E-state index in [1.807, 2.05) is 56.3 Å². The van der Waals surface area contributed by atoms with Gasteiger partial charge in [0, 0.05) is 6.54 Å². The van der Waals surface area contributed by atoms with Crippen LogP contribution in [0.2, 0.25) is 0 Å². The van der Waals surface area contributed by atoms with Crippen LogP contribution in [0.3, 0.4) is 0 Å². The molecule has 0 aliphatic rings. The maximum Gasteiger partial charge on any atom is 0.287 e. The molecule has 1 N–H and O–H groups in total. The van der Waals surface area contributed by atoms with Crippen molar-refractivity contribution < 1.29 is 17.6 Å². The number of carbonyl (C=O) groups excluding carboxylic acids is 1. The molecule has 0 aliphatic heterocycles. The summed E-state index contributed by atoms with van der Waals surface area (Å²) in [7, 11) is -3.41. The number of sulfone groups is 1. The Bertz CT molecular complexity index is 1070. The molecule has 146 valence electrons. The van der Waals surface area contributed by atoms with E-state index in [0.29, 0.717) is 6.54 Å². The summed E-state index contributed by atoms with van der Waals surface area (Å²) in [6.45, 7) is 4.26. The Kier molecular flexibility index (Phi) is 5.99. The van der Waals surface area contributed by atoms with Gasteiger partial charge >= 0.3 is 0 Å². The first kappa shape index (κ1) is 19.9. The largest absolute Gasteiger partial charge is 0.455 e. The molecule has 1 heterocycles. The third kappa shape index (κ3) is 5.33. The van der Waals surface area contributed by atoms with Crippen molar-refractivity contribution in [3.05, 3.63) is 94.4 Å². The number of aryl methyl sites for hydroxylation is 2. The summed E-state index contributed by atoms with van der Waals surface area (Å²) in [4.78, 5) is 12.2. The second kappa shape index (κ2) is 8.44. The fraction of sp³-hybridized carbons (Fsp3) is 0.227. The Labute approximate surface area is 165 Å². The first-order valence-corrected chi connectivity index (χ1v) is 10.8. The van der Waals surface area contributed by atoms with Crippen molar-refractivity contribution in [3.8, 4) is 0 Å². The van der Waals surface area contributed by atoms with E-state index in [9.17, 15) is 13.2 Å².